The Balaban J connectivity index is 1.62. The van der Waals surface area contributed by atoms with Crippen molar-refractivity contribution >= 4 is 29.0 Å². The van der Waals surface area contributed by atoms with Crippen LogP contribution in [0.1, 0.15) is 11.5 Å². The van der Waals surface area contributed by atoms with Crippen molar-refractivity contribution < 1.29 is 9.25 Å². The van der Waals surface area contributed by atoms with E-state index >= 15 is 0 Å². The van der Waals surface area contributed by atoms with Gasteiger partial charge in [-0.15, -0.1) is 0 Å². The molecule has 122 valence electrons. The highest BCUT2D eigenvalue weighted by Gasteiger charge is 2.07. The molecule has 0 saturated carbocycles. The van der Waals surface area contributed by atoms with Gasteiger partial charge in [0.25, 0.3) is 0 Å². The van der Waals surface area contributed by atoms with Crippen molar-refractivity contribution in [3.8, 4) is 11.3 Å². The van der Waals surface area contributed by atoms with Gasteiger partial charge in [-0.2, -0.15) is 0 Å². The quantitative estimate of drug-likeness (QED) is 0.412. The zero-order valence-electron chi connectivity index (χ0n) is 12.4. The first-order valence-corrected chi connectivity index (χ1v) is 7.79. The molecular weight excluding hydrogens is 349 g/mol. The lowest BCUT2D eigenvalue weighted by atomic mass is 10.2. The van der Waals surface area contributed by atoms with Gasteiger partial charge in [0, 0.05) is 21.2 Å². The number of halogens is 2. The molecule has 24 heavy (non-hydrogen) atoms. The maximum Gasteiger partial charge on any atom is 0.235 e. The van der Waals surface area contributed by atoms with E-state index < -0.39 is 0 Å². The Bertz CT molecular complexity index is 843. The largest absolute Gasteiger partial charge is 0.437 e. The van der Waals surface area contributed by atoms with Gasteiger partial charge in [0.2, 0.25) is 5.89 Å². The van der Waals surface area contributed by atoms with Crippen LogP contribution < -0.4 is 5.73 Å². The van der Waals surface area contributed by atoms with Crippen LogP contribution in [0.3, 0.4) is 0 Å². The van der Waals surface area contributed by atoms with Crippen molar-refractivity contribution in [1.82, 2.24) is 4.98 Å². The molecule has 2 N–H and O–H groups in total. The summed E-state index contributed by atoms with van der Waals surface area (Å²) < 4.78 is 5.61. The predicted molar refractivity (Wildman–Crippen MR) is 93.9 cm³/mol. The summed E-state index contributed by atoms with van der Waals surface area (Å²) in [5.74, 6) is 1.27. The molecule has 0 fully saturated rings. The second kappa shape index (κ2) is 7.38. The van der Waals surface area contributed by atoms with E-state index in [0.717, 1.165) is 5.56 Å². The third kappa shape index (κ3) is 4.07. The minimum absolute atomic E-state index is 0.0713. The van der Waals surface area contributed by atoms with Gasteiger partial charge >= 0.3 is 0 Å². The number of oxazole rings is 1. The van der Waals surface area contributed by atoms with Gasteiger partial charge < -0.3 is 15.0 Å². The molecule has 3 aromatic rings. The van der Waals surface area contributed by atoms with E-state index in [9.17, 15) is 0 Å². The van der Waals surface area contributed by atoms with Gasteiger partial charge in [0.05, 0.1) is 6.20 Å². The molecule has 3 rings (SSSR count). The Morgan fingerprint density at radius 3 is 2.33 bits per heavy atom. The molecular formula is C17H13Cl2N3O2. The van der Waals surface area contributed by atoms with E-state index in [0.29, 0.717) is 27.3 Å². The van der Waals surface area contributed by atoms with E-state index in [2.05, 4.69) is 10.1 Å². The first-order chi connectivity index (χ1) is 11.6. The van der Waals surface area contributed by atoms with Crippen LogP contribution in [0.15, 0.2) is 64.3 Å². The minimum atomic E-state index is 0.0713. The van der Waals surface area contributed by atoms with Crippen molar-refractivity contribution in [3.05, 3.63) is 76.2 Å². The van der Waals surface area contributed by atoms with Crippen LogP contribution >= 0.6 is 23.2 Å². The van der Waals surface area contributed by atoms with Crippen molar-refractivity contribution in [3.63, 3.8) is 0 Å². The summed E-state index contributed by atoms with van der Waals surface area (Å²) in [4.78, 5) is 9.33. The lowest BCUT2D eigenvalue weighted by molar-refractivity contribution is 0.111. The van der Waals surface area contributed by atoms with Crippen molar-refractivity contribution in [2.75, 3.05) is 0 Å². The van der Waals surface area contributed by atoms with Crippen LogP contribution in [-0.4, -0.2) is 10.8 Å². The van der Waals surface area contributed by atoms with E-state index in [1.165, 1.54) is 0 Å². The van der Waals surface area contributed by atoms with Gasteiger partial charge in [-0.3, -0.25) is 0 Å². The molecule has 0 spiro atoms. The topological polar surface area (TPSA) is 73.6 Å². The smallest absolute Gasteiger partial charge is 0.235 e. The first kappa shape index (κ1) is 16.4. The Morgan fingerprint density at radius 2 is 1.67 bits per heavy atom. The zero-order valence-corrected chi connectivity index (χ0v) is 14.0. The van der Waals surface area contributed by atoms with Crippen molar-refractivity contribution in [2.24, 2.45) is 10.9 Å². The van der Waals surface area contributed by atoms with Crippen LogP contribution in [0, 0.1) is 0 Å². The fourth-order valence-electron chi connectivity index (χ4n) is 1.95. The minimum Gasteiger partial charge on any atom is -0.437 e. The SMILES string of the molecule is N/C(=N\OCc1ncc(-c2ccc(Cl)cc2)o1)c1ccc(Cl)cc1. The number of nitrogens with zero attached hydrogens (tertiary/aromatic N) is 2. The maximum absolute atomic E-state index is 5.86. The second-order valence-electron chi connectivity index (χ2n) is 4.88. The Labute approximate surface area is 148 Å². The van der Waals surface area contributed by atoms with E-state index in [-0.39, 0.29) is 12.4 Å². The highest BCUT2D eigenvalue weighted by atomic mass is 35.5. The van der Waals surface area contributed by atoms with E-state index in [1.807, 2.05) is 12.1 Å². The van der Waals surface area contributed by atoms with Crippen LogP contribution in [0.4, 0.5) is 0 Å². The molecule has 0 unspecified atom stereocenters. The second-order valence-corrected chi connectivity index (χ2v) is 5.75. The van der Waals surface area contributed by atoms with Gasteiger partial charge in [-0.05, 0) is 48.5 Å². The summed E-state index contributed by atoms with van der Waals surface area (Å²) in [7, 11) is 0. The lowest BCUT2D eigenvalue weighted by Crippen LogP contribution is -2.13. The molecule has 1 aromatic heterocycles. The van der Waals surface area contributed by atoms with E-state index in [1.54, 1.807) is 42.6 Å². The van der Waals surface area contributed by atoms with E-state index in [4.69, 9.17) is 38.2 Å². The number of aromatic nitrogens is 1. The third-order valence-electron chi connectivity index (χ3n) is 3.17. The zero-order chi connectivity index (χ0) is 16.9. The molecule has 5 nitrogen and oxygen atoms in total. The summed E-state index contributed by atoms with van der Waals surface area (Å²) in [6, 6.07) is 14.2. The fourth-order valence-corrected chi connectivity index (χ4v) is 2.21. The Kier molecular flexibility index (Phi) is 5.03. The first-order valence-electron chi connectivity index (χ1n) is 7.04. The van der Waals surface area contributed by atoms with Crippen LogP contribution in [-0.2, 0) is 11.4 Å². The predicted octanol–water partition coefficient (Wildman–Crippen LogP) is 4.49. The summed E-state index contributed by atoms with van der Waals surface area (Å²) >= 11 is 11.7. The standard InChI is InChI=1S/C17H13Cl2N3O2/c18-13-5-1-11(2-6-13)15-9-21-16(24-15)10-23-22-17(20)12-3-7-14(19)8-4-12/h1-9H,10H2,(H2,20,22). The Hall–Kier alpha value is -2.50. The number of nitrogens with two attached hydrogens (primary N) is 1. The number of oxime groups is 1. The fraction of sp³-hybridized carbons (Fsp3) is 0.0588. The molecule has 0 aliphatic carbocycles. The summed E-state index contributed by atoms with van der Waals surface area (Å²) in [5, 5.41) is 5.13. The summed E-state index contributed by atoms with van der Waals surface area (Å²) in [6.45, 7) is 0.0713. The van der Waals surface area contributed by atoms with Crippen LogP contribution in [0.5, 0.6) is 0 Å². The van der Waals surface area contributed by atoms with Gasteiger partial charge in [0.15, 0.2) is 18.2 Å². The number of hydrogen-bond donors (Lipinski definition) is 1. The van der Waals surface area contributed by atoms with Gasteiger partial charge in [-0.1, -0.05) is 28.4 Å². The molecule has 0 aliphatic rings. The molecule has 7 heteroatoms. The molecule has 0 saturated heterocycles. The number of benzene rings is 2. The average molecular weight is 362 g/mol. The highest BCUT2D eigenvalue weighted by Crippen LogP contribution is 2.22. The molecule has 0 atom stereocenters. The normalized spacial score (nSPS) is 11.5. The molecule has 0 amide bonds. The molecule has 0 radical (unpaired) electrons. The lowest BCUT2D eigenvalue weighted by Gasteiger charge is -2.01. The number of hydrogen-bond acceptors (Lipinski definition) is 4. The van der Waals surface area contributed by atoms with Crippen molar-refractivity contribution in [1.29, 1.82) is 0 Å². The summed E-state index contributed by atoms with van der Waals surface area (Å²) in [5.41, 5.74) is 7.43. The summed E-state index contributed by atoms with van der Waals surface area (Å²) in [6.07, 6.45) is 1.62. The molecule has 0 aliphatic heterocycles. The van der Waals surface area contributed by atoms with Gasteiger partial charge in [-0.25, -0.2) is 4.98 Å². The molecule has 0 bridgehead atoms. The monoisotopic (exact) mass is 361 g/mol. The maximum atomic E-state index is 5.86. The highest BCUT2D eigenvalue weighted by molar-refractivity contribution is 6.30. The number of rotatable bonds is 5. The average Bonchev–Trinajstić information content (AvgIpc) is 3.05. The number of amidine groups is 1. The Morgan fingerprint density at radius 1 is 1.04 bits per heavy atom. The molecule has 2 aromatic carbocycles. The third-order valence-corrected chi connectivity index (χ3v) is 3.68. The van der Waals surface area contributed by atoms with Gasteiger partial charge in [0.1, 0.15) is 0 Å². The van der Waals surface area contributed by atoms with Crippen molar-refractivity contribution in [2.45, 2.75) is 6.61 Å². The molecule has 1 heterocycles. The van der Waals surface area contributed by atoms with Crippen LogP contribution in [0.2, 0.25) is 10.0 Å². The van der Waals surface area contributed by atoms with Crippen LogP contribution in [0.25, 0.3) is 11.3 Å².